The molecule has 0 N–H and O–H groups in total. The van der Waals surface area contributed by atoms with Crippen molar-refractivity contribution in [2.24, 2.45) is 4.99 Å². The van der Waals surface area contributed by atoms with Crippen LogP contribution in [0.3, 0.4) is 0 Å². The first-order valence-electron chi connectivity index (χ1n) is 9.81. The molecule has 5 rings (SSSR count). The Morgan fingerprint density at radius 1 is 1.14 bits per heavy atom. The number of hydrogen-bond donors (Lipinski definition) is 0. The predicted molar refractivity (Wildman–Crippen MR) is 113 cm³/mol. The van der Waals surface area contributed by atoms with Gasteiger partial charge in [-0.3, -0.25) is 4.79 Å². The zero-order valence-corrected chi connectivity index (χ0v) is 17.0. The molecular formula is C23H21FN2O2S. The first-order chi connectivity index (χ1) is 14.1. The van der Waals surface area contributed by atoms with E-state index in [2.05, 4.69) is 34.2 Å². The summed E-state index contributed by atoms with van der Waals surface area (Å²) in [4.78, 5) is 19.5. The van der Waals surface area contributed by atoms with Crippen LogP contribution in [0.2, 0.25) is 0 Å². The minimum Gasteiger partial charge on any atom is -0.365 e. The van der Waals surface area contributed by atoms with Gasteiger partial charge in [0, 0.05) is 18.7 Å². The van der Waals surface area contributed by atoms with Gasteiger partial charge in [0.25, 0.3) is 5.91 Å². The standard InChI is InChI=1S/C23H21FN2O2S/c1-15(17-7-3-5-9-19(17)24)20-21(27)25-22(29-20)26-12-10-23(11-13-26)18-8-4-2-6-16(18)14-28-23/h2-9H,10-14H2,1H3/b20-15+. The number of rotatable bonds is 1. The fraction of sp³-hybridized carbons (Fsp3) is 0.304. The Labute approximate surface area is 173 Å². The fourth-order valence-electron chi connectivity index (χ4n) is 4.41. The van der Waals surface area contributed by atoms with E-state index in [1.165, 1.54) is 29.0 Å². The van der Waals surface area contributed by atoms with E-state index in [4.69, 9.17) is 4.74 Å². The molecule has 0 unspecified atom stereocenters. The largest absolute Gasteiger partial charge is 0.365 e. The lowest BCUT2D eigenvalue weighted by Crippen LogP contribution is -2.44. The number of thioether (sulfide) groups is 1. The number of piperidine rings is 1. The molecule has 0 aromatic heterocycles. The van der Waals surface area contributed by atoms with Crippen LogP contribution in [-0.4, -0.2) is 29.1 Å². The number of likely N-dealkylation sites (tertiary alicyclic amines) is 1. The molecule has 3 heterocycles. The molecular weight excluding hydrogens is 387 g/mol. The smallest absolute Gasteiger partial charge is 0.286 e. The van der Waals surface area contributed by atoms with Crippen molar-refractivity contribution in [3.8, 4) is 0 Å². The van der Waals surface area contributed by atoms with Crippen molar-refractivity contribution in [3.05, 3.63) is 75.9 Å². The van der Waals surface area contributed by atoms with Crippen LogP contribution in [0.15, 0.2) is 58.4 Å². The molecule has 6 heteroatoms. The number of carbonyl (C=O) groups is 1. The molecule has 1 spiro atoms. The third kappa shape index (κ3) is 3.11. The molecule has 0 atom stereocenters. The number of benzene rings is 2. The first kappa shape index (κ1) is 18.6. The Morgan fingerprint density at radius 3 is 2.66 bits per heavy atom. The normalized spacial score (nSPS) is 22.1. The highest BCUT2D eigenvalue weighted by Crippen LogP contribution is 2.45. The molecule has 29 heavy (non-hydrogen) atoms. The maximum Gasteiger partial charge on any atom is 0.286 e. The highest BCUT2D eigenvalue weighted by molar-refractivity contribution is 8.18. The van der Waals surface area contributed by atoms with Crippen molar-refractivity contribution in [3.63, 3.8) is 0 Å². The lowest BCUT2D eigenvalue weighted by Gasteiger charge is -2.39. The van der Waals surface area contributed by atoms with Gasteiger partial charge in [0.2, 0.25) is 0 Å². The second-order valence-corrected chi connectivity index (χ2v) is 8.64. The van der Waals surface area contributed by atoms with Gasteiger partial charge in [-0.2, -0.15) is 4.99 Å². The molecule has 3 aliphatic rings. The number of amidine groups is 1. The van der Waals surface area contributed by atoms with E-state index in [1.54, 1.807) is 25.1 Å². The molecule has 1 saturated heterocycles. The number of hydrogen-bond acceptors (Lipinski definition) is 4. The number of carbonyl (C=O) groups excluding carboxylic acids is 1. The molecule has 148 valence electrons. The van der Waals surface area contributed by atoms with Crippen LogP contribution >= 0.6 is 11.8 Å². The summed E-state index contributed by atoms with van der Waals surface area (Å²) < 4.78 is 20.4. The van der Waals surface area contributed by atoms with Gasteiger partial charge in [-0.05, 0) is 54.3 Å². The molecule has 1 amide bonds. The molecule has 2 aromatic rings. The highest BCUT2D eigenvalue weighted by atomic mass is 32.2. The van der Waals surface area contributed by atoms with Crippen LogP contribution in [-0.2, 0) is 21.7 Å². The Morgan fingerprint density at radius 2 is 1.86 bits per heavy atom. The summed E-state index contributed by atoms with van der Waals surface area (Å²) >= 11 is 1.35. The van der Waals surface area contributed by atoms with Gasteiger partial charge >= 0.3 is 0 Å². The van der Waals surface area contributed by atoms with Crippen molar-refractivity contribution >= 4 is 28.4 Å². The second-order valence-electron chi connectivity index (χ2n) is 7.66. The van der Waals surface area contributed by atoms with Gasteiger partial charge < -0.3 is 9.64 Å². The summed E-state index contributed by atoms with van der Waals surface area (Å²) in [5, 5.41) is 0.710. The van der Waals surface area contributed by atoms with Crippen molar-refractivity contribution in [1.82, 2.24) is 4.90 Å². The summed E-state index contributed by atoms with van der Waals surface area (Å²) in [6.07, 6.45) is 1.73. The molecule has 1 fully saturated rings. The van der Waals surface area contributed by atoms with E-state index < -0.39 is 0 Å². The van der Waals surface area contributed by atoms with Gasteiger partial charge in [0.1, 0.15) is 5.82 Å². The second kappa shape index (κ2) is 7.11. The summed E-state index contributed by atoms with van der Waals surface area (Å²) in [6, 6.07) is 15.0. The number of nitrogens with zero attached hydrogens (tertiary/aromatic N) is 2. The number of aliphatic imine (C=N–C) groups is 1. The van der Waals surface area contributed by atoms with E-state index >= 15 is 0 Å². The molecule has 0 aliphatic carbocycles. The summed E-state index contributed by atoms with van der Waals surface area (Å²) in [5.74, 6) is -0.607. The summed E-state index contributed by atoms with van der Waals surface area (Å²) in [5.41, 5.74) is 3.44. The van der Waals surface area contributed by atoms with Gasteiger partial charge in [-0.15, -0.1) is 0 Å². The Hall–Kier alpha value is -2.44. The van der Waals surface area contributed by atoms with Gasteiger partial charge in [0.05, 0.1) is 17.1 Å². The summed E-state index contributed by atoms with van der Waals surface area (Å²) in [6.45, 7) is 4.00. The van der Waals surface area contributed by atoms with Crippen LogP contribution in [0.4, 0.5) is 4.39 Å². The maximum absolute atomic E-state index is 14.1. The summed E-state index contributed by atoms with van der Waals surface area (Å²) in [7, 11) is 0. The van der Waals surface area contributed by atoms with Crippen molar-refractivity contribution < 1.29 is 13.9 Å². The lowest BCUT2D eigenvalue weighted by atomic mass is 9.84. The Balaban J connectivity index is 1.33. The predicted octanol–water partition coefficient (Wildman–Crippen LogP) is 4.71. The lowest BCUT2D eigenvalue weighted by molar-refractivity contribution is -0.113. The topological polar surface area (TPSA) is 41.9 Å². The minimum absolute atomic E-state index is 0.220. The minimum atomic E-state index is -0.323. The number of fused-ring (bicyclic) bond motifs is 2. The number of ether oxygens (including phenoxy) is 1. The van der Waals surface area contributed by atoms with E-state index in [0.717, 1.165) is 25.9 Å². The average molecular weight is 408 g/mol. The van der Waals surface area contributed by atoms with E-state index in [1.807, 2.05) is 0 Å². The molecule has 0 radical (unpaired) electrons. The van der Waals surface area contributed by atoms with Crippen molar-refractivity contribution in [1.29, 1.82) is 0 Å². The third-order valence-electron chi connectivity index (χ3n) is 6.06. The molecule has 0 saturated carbocycles. The van der Waals surface area contributed by atoms with E-state index in [9.17, 15) is 9.18 Å². The van der Waals surface area contributed by atoms with Crippen molar-refractivity contribution in [2.45, 2.75) is 32.0 Å². The number of halogens is 1. The van der Waals surface area contributed by atoms with Gasteiger partial charge in [-0.1, -0.05) is 42.5 Å². The maximum atomic E-state index is 14.1. The Kier molecular flexibility index (Phi) is 4.56. The van der Waals surface area contributed by atoms with Gasteiger partial charge in [-0.25, -0.2) is 4.39 Å². The molecule has 4 nitrogen and oxygen atoms in total. The van der Waals surface area contributed by atoms with E-state index in [-0.39, 0.29) is 17.3 Å². The SMILES string of the molecule is C/C(=C1\SC(N2CCC3(CC2)OCc2ccccc23)=NC1=O)c1ccccc1F. The molecule has 3 aliphatic heterocycles. The molecule has 2 aromatic carbocycles. The number of allylic oxidation sites excluding steroid dienone is 1. The van der Waals surface area contributed by atoms with Crippen LogP contribution in [0.1, 0.15) is 36.5 Å². The fourth-order valence-corrected chi connectivity index (χ4v) is 5.43. The van der Waals surface area contributed by atoms with Gasteiger partial charge in [0.15, 0.2) is 5.17 Å². The Bertz CT molecular complexity index is 1050. The quantitative estimate of drug-likeness (QED) is 0.641. The van der Waals surface area contributed by atoms with Crippen LogP contribution in [0.5, 0.6) is 0 Å². The first-order valence-corrected chi connectivity index (χ1v) is 10.6. The monoisotopic (exact) mass is 408 g/mol. The van der Waals surface area contributed by atoms with Crippen molar-refractivity contribution in [2.75, 3.05) is 13.1 Å². The highest BCUT2D eigenvalue weighted by Gasteiger charge is 2.43. The van der Waals surface area contributed by atoms with E-state index in [0.29, 0.717) is 27.8 Å². The van der Waals surface area contributed by atoms with Crippen LogP contribution in [0, 0.1) is 5.82 Å². The zero-order chi connectivity index (χ0) is 20.0. The average Bonchev–Trinajstić information content (AvgIpc) is 3.30. The molecule has 0 bridgehead atoms. The number of amides is 1. The zero-order valence-electron chi connectivity index (χ0n) is 16.2. The van der Waals surface area contributed by atoms with Crippen LogP contribution in [0.25, 0.3) is 5.57 Å². The third-order valence-corrected chi connectivity index (χ3v) is 7.27. The van der Waals surface area contributed by atoms with Crippen LogP contribution < -0.4 is 0 Å².